The Kier molecular flexibility index (Phi) is 8.17. The molecule has 0 bridgehead atoms. The van der Waals surface area contributed by atoms with Crippen molar-refractivity contribution in [3.05, 3.63) is 224 Å². The normalized spacial score (nSPS) is 11.6. The first-order valence-electron chi connectivity index (χ1n) is 20.7. The molecular weight excluding hydrogens is 743 g/mol. The lowest BCUT2D eigenvalue weighted by Gasteiger charge is -2.29. The minimum Gasteiger partial charge on any atom is -0.455 e. The Balaban J connectivity index is 1.14. The van der Waals surface area contributed by atoms with E-state index in [1.807, 2.05) is 12.1 Å². The molecule has 3 nitrogen and oxygen atoms in total. The molecule has 0 atom stereocenters. The standard InChI is InChI=1S/C58H37NO2/c1-4-15-38(16-5-1)39-27-31-43(32-28-39)59(44-33-29-42(30-34-44)46-24-14-25-50-48-22-12-13-26-53(48)60-57(46)50)56-45(40-17-6-2-7-18-40)35-36-54-55(56)52-37-51(41-19-8-3-9-20-41)47-21-10-11-23-49(47)58(52)61-54/h1-37H. The van der Waals surface area contributed by atoms with E-state index in [4.69, 9.17) is 8.83 Å². The van der Waals surface area contributed by atoms with Crippen molar-refractivity contribution in [1.29, 1.82) is 0 Å². The van der Waals surface area contributed by atoms with Gasteiger partial charge in [0.25, 0.3) is 0 Å². The first-order valence-corrected chi connectivity index (χ1v) is 20.7. The Morgan fingerprint density at radius 2 is 0.770 bits per heavy atom. The zero-order chi connectivity index (χ0) is 40.3. The van der Waals surface area contributed by atoms with Crippen LogP contribution in [0.1, 0.15) is 0 Å². The molecule has 0 spiro atoms. The fourth-order valence-corrected chi connectivity index (χ4v) is 9.22. The van der Waals surface area contributed by atoms with Crippen LogP contribution in [0.3, 0.4) is 0 Å². The first kappa shape index (κ1) is 34.9. The van der Waals surface area contributed by atoms with Gasteiger partial charge >= 0.3 is 0 Å². The van der Waals surface area contributed by atoms with Crippen LogP contribution >= 0.6 is 0 Å². The zero-order valence-electron chi connectivity index (χ0n) is 33.1. The number of hydrogen-bond acceptors (Lipinski definition) is 3. The second kappa shape index (κ2) is 14.3. The van der Waals surface area contributed by atoms with Crippen LogP contribution in [0.25, 0.3) is 99.2 Å². The van der Waals surface area contributed by atoms with Gasteiger partial charge in [0, 0.05) is 44.0 Å². The molecule has 0 fully saturated rings. The van der Waals surface area contributed by atoms with E-state index in [0.717, 1.165) is 99.5 Å². The van der Waals surface area contributed by atoms with E-state index in [9.17, 15) is 0 Å². The second-order valence-corrected chi connectivity index (χ2v) is 15.6. The zero-order valence-corrected chi connectivity index (χ0v) is 33.1. The van der Waals surface area contributed by atoms with E-state index in [1.54, 1.807) is 0 Å². The minimum atomic E-state index is 0.833. The summed E-state index contributed by atoms with van der Waals surface area (Å²) in [5.74, 6) is 0. The lowest BCUT2D eigenvalue weighted by Crippen LogP contribution is -2.12. The van der Waals surface area contributed by atoms with Gasteiger partial charge in [-0.2, -0.15) is 0 Å². The lowest BCUT2D eigenvalue weighted by molar-refractivity contribution is 0.670. The monoisotopic (exact) mass is 779 g/mol. The van der Waals surface area contributed by atoms with Crippen molar-refractivity contribution >= 4 is 71.7 Å². The van der Waals surface area contributed by atoms with E-state index in [2.05, 4.69) is 217 Å². The molecule has 0 saturated heterocycles. The van der Waals surface area contributed by atoms with E-state index in [0.29, 0.717) is 0 Å². The van der Waals surface area contributed by atoms with Crippen LogP contribution in [0.15, 0.2) is 233 Å². The average molecular weight is 780 g/mol. The van der Waals surface area contributed by atoms with Crippen molar-refractivity contribution < 1.29 is 8.83 Å². The van der Waals surface area contributed by atoms with Crippen LogP contribution in [0.4, 0.5) is 17.1 Å². The van der Waals surface area contributed by atoms with Crippen molar-refractivity contribution in [3.63, 3.8) is 0 Å². The molecule has 3 heteroatoms. The Hall–Kier alpha value is -8.14. The fraction of sp³-hybridized carbons (Fsp3) is 0. The molecule has 0 aliphatic carbocycles. The molecule has 10 aromatic carbocycles. The molecular formula is C58H37NO2. The molecule has 2 heterocycles. The highest BCUT2D eigenvalue weighted by atomic mass is 16.3. The number of fused-ring (bicyclic) bond motifs is 8. The van der Waals surface area contributed by atoms with Crippen molar-refractivity contribution in [2.24, 2.45) is 0 Å². The van der Waals surface area contributed by atoms with Gasteiger partial charge in [0.2, 0.25) is 0 Å². The first-order chi connectivity index (χ1) is 30.3. The summed E-state index contributed by atoms with van der Waals surface area (Å²) in [5, 5.41) is 6.62. The van der Waals surface area contributed by atoms with Crippen LogP contribution in [0.2, 0.25) is 0 Å². The maximum atomic E-state index is 6.99. The largest absolute Gasteiger partial charge is 0.455 e. The van der Waals surface area contributed by atoms with Gasteiger partial charge in [0.15, 0.2) is 0 Å². The van der Waals surface area contributed by atoms with Gasteiger partial charge in [-0.15, -0.1) is 0 Å². The van der Waals surface area contributed by atoms with Crippen molar-refractivity contribution in [2.45, 2.75) is 0 Å². The summed E-state index contributed by atoms with van der Waals surface area (Å²) >= 11 is 0. The van der Waals surface area contributed by atoms with Gasteiger partial charge < -0.3 is 13.7 Å². The minimum absolute atomic E-state index is 0.833. The molecule has 0 N–H and O–H groups in total. The van der Waals surface area contributed by atoms with Crippen LogP contribution < -0.4 is 4.90 Å². The van der Waals surface area contributed by atoms with Crippen LogP contribution in [-0.4, -0.2) is 0 Å². The predicted octanol–water partition coefficient (Wildman–Crippen LogP) is 16.8. The summed E-state index contributed by atoms with van der Waals surface area (Å²) in [6.45, 7) is 0. The van der Waals surface area contributed by atoms with Gasteiger partial charge in [0.1, 0.15) is 22.3 Å². The van der Waals surface area contributed by atoms with Crippen molar-refractivity contribution in [3.8, 4) is 44.5 Å². The highest BCUT2D eigenvalue weighted by Gasteiger charge is 2.26. The van der Waals surface area contributed by atoms with Crippen molar-refractivity contribution in [2.75, 3.05) is 4.90 Å². The maximum Gasteiger partial charge on any atom is 0.143 e. The molecule has 0 saturated carbocycles. The Labute approximate surface area is 353 Å². The second-order valence-electron chi connectivity index (χ2n) is 15.6. The number of rotatable bonds is 7. The van der Waals surface area contributed by atoms with Crippen LogP contribution in [-0.2, 0) is 0 Å². The molecule has 12 aromatic rings. The van der Waals surface area contributed by atoms with Crippen LogP contribution in [0, 0.1) is 0 Å². The molecule has 0 amide bonds. The lowest BCUT2D eigenvalue weighted by atomic mass is 9.93. The quantitative estimate of drug-likeness (QED) is 0.161. The number of furan rings is 2. The van der Waals surface area contributed by atoms with Gasteiger partial charge in [-0.05, 0) is 87.3 Å². The SMILES string of the molecule is c1ccc(-c2ccc(N(c3ccc(-c4cccc5c4oc4ccccc45)cc3)c3c(-c4ccccc4)ccc4oc5c6ccccc6c(-c6ccccc6)cc5c34)cc2)cc1. The molecule has 0 aliphatic heterocycles. The van der Waals surface area contributed by atoms with Crippen molar-refractivity contribution in [1.82, 2.24) is 0 Å². The van der Waals surface area contributed by atoms with E-state index in [-0.39, 0.29) is 0 Å². The van der Waals surface area contributed by atoms with Crippen LogP contribution in [0.5, 0.6) is 0 Å². The Bertz CT molecular complexity index is 3550. The van der Waals surface area contributed by atoms with E-state index in [1.165, 1.54) is 16.7 Å². The predicted molar refractivity (Wildman–Crippen MR) is 255 cm³/mol. The average Bonchev–Trinajstić information content (AvgIpc) is 3.92. The highest BCUT2D eigenvalue weighted by molar-refractivity contribution is 6.24. The molecule has 2 aromatic heterocycles. The molecule has 0 radical (unpaired) electrons. The summed E-state index contributed by atoms with van der Waals surface area (Å²) in [6.07, 6.45) is 0. The summed E-state index contributed by atoms with van der Waals surface area (Å²) in [5.41, 5.74) is 15.7. The Morgan fingerprint density at radius 1 is 0.279 bits per heavy atom. The third kappa shape index (κ3) is 5.82. The number of hydrogen-bond donors (Lipinski definition) is 0. The Morgan fingerprint density at radius 3 is 1.46 bits per heavy atom. The molecule has 0 aliphatic rings. The summed E-state index contributed by atoms with van der Waals surface area (Å²) < 4.78 is 13.5. The number of benzene rings is 10. The number of para-hydroxylation sites is 2. The third-order valence-electron chi connectivity index (χ3n) is 12.1. The molecule has 286 valence electrons. The highest BCUT2D eigenvalue weighted by Crippen LogP contribution is 2.50. The topological polar surface area (TPSA) is 29.5 Å². The fourth-order valence-electron chi connectivity index (χ4n) is 9.22. The number of anilines is 3. The molecule has 0 unspecified atom stereocenters. The van der Waals surface area contributed by atoms with Gasteiger partial charge in [-0.1, -0.05) is 176 Å². The summed E-state index contributed by atoms with van der Waals surface area (Å²) in [7, 11) is 0. The number of nitrogens with zero attached hydrogens (tertiary/aromatic N) is 1. The maximum absolute atomic E-state index is 6.99. The smallest absolute Gasteiger partial charge is 0.143 e. The molecule has 61 heavy (non-hydrogen) atoms. The van der Waals surface area contributed by atoms with Gasteiger partial charge in [-0.25, -0.2) is 0 Å². The summed E-state index contributed by atoms with van der Waals surface area (Å²) in [6, 6.07) is 79.8. The van der Waals surface area contributed by atoms with E-state index >= 15 is 0 Å². The third-order valence-corrected chi connectivity index (χ3v) is 12.1. The van der Waals surface area contributed by atoms with Gasteiger partial charge in [-0.3, -0.25) is 0 Å². The summed E-state index contributed by atoms with van der Waals surface area (Å²) in [4.78, 5) is 2.41. The molecule has 12 rings (SSSR count). The van der Waals surface area contributed by atoms with Gasteiger partial charge in [0.05, 0.1) is 11.1 Å². The van der Waals surface area contributed by atoms with E-state index < -0.39 is 0 Å².